The van der Waals surface area contributed by atoms with Crippen LogP contribution in [0.15, 0.2) is 46.0 Å². The van der Waals surface area contributed by atoms with Gasteiger partial charge in [-0.25, -0.2) is 8.78 Å². The number of rotatable bonds is 5. The van der Waals surface area contributed by atoms with Crippen LogP contribution in [-0.4, -0.2) is 21.2 Å². The average Bonchev–Trinajstić information content (AvgIpc) is 3.07. The molecule has 0 aliphatic heterocycles. The van der Waals surface area contributed by atoms with E-state index < -0.39 is 16.9 Å². The van der Waals surface area contributed by atoms with Crippen LogP contribution >= 0.6 is 11.8 Å². The van der Waals surface area contributed by atoms with Crippen molar-refractivity contribution in [3.63, 3.8) is 0 Å². The lowest BCUT2D eigenvalue weighted by atomic mass is 10.1. The van der Waals surface area contributed by atoms with Crippen LogP contribution in [0.25, 0.3) is 11.5 Å². The summed E-state index contributed by atoms with van der Waals surface area (Å²) < 4.78 is 31.9. The van der Waals surface area contributed by atoms with Gasteiger partial charge in [0.1, 0.15) is 0 Å². The highest BCUT2D eigenvalue weighted by Crippen LogP contribution is 2.28. The number of carbonyl (C=O) groups is 1. The van der Waals surface area contributed by atoms with Crippen LogP contribution in [0.2, 0.25) is 0 Å². The van der Waals surface area contributed by atoms with E-state index in [9.17, 15) is 13.6 Å². The smallest absolute Gasteiger partial charge is 0.277 e. The second-order valence-corrected chi connectivity index (χ2v) is 7.22. The first kappa shape index (κ1) is 18.3. The molecule has 3 aromatic rings. The van der Waals surface area contributed by atoms with Gasteiger partial charge in [-0.1, -0.05) is 17.8 Å². The van der Waals surface area contributed by atoms with E-state index in [0.717, 1.165) is 40.6 Å². The molecule has 0 saturated carbocycles. The Labute approximate surface area is 153 Å². The van der Waals surface area contributed by atoms with Crippen LogP contribution in [0.4, 0.5) is 8.78 Å². The highest BCUT2D eigenvalue weighted by atomic mass is 32.2. The predicted molar refractivity (Wildman–Crippen MR) is 95.2 cm³/mol. The molecule has 0 aliphatic carbocycles. The normalized spacial score (nSPS) is 12.2. The van der Waals surface area contributed by atoms with Gasteiger partial charge in [0.05, 0.1) is 5.25 Å². The summed E-state index contributed by atoms with van der Waals surface area (Å²) in [6.45, 7) is 5.65. The van der Waals surface area contributed by atoms with Gasteiger partial charge in [0.25, 0.3) is 5.22 Å². The van der Waals surface area contributed by atoms with Crippen molar-refractivity contribution >= 4 is 17.5 Å². The van der Waals surface area contributed by atoms with E-state index >= 15 is 0 Å². The first-order chi connectivity index (χ1) is 12.3. The first-order valence-corrected chi connectivity index (χ1v) is 8.80. The van der Waals surface area contributed by atoms with Gasteiger partial charge in [0, 0.05) is 11.1 Å². The van der Waals surface area contributed by atoms with Crippen molar-refractivity contribution in [2.24, 2.45) is 0 Å². The summed E-state index contributed by atoms with van der Waals surface area (Å²) in [5.74, 6) is -2.03. The SMILES string of the molecule is Cc1ccc(-c2nnc(S[C@@H](C)C(=O)c3ccc(F)c(F)c3)o2)cc1C. The van der Waals surface area contributed by atoms with E-state index in [-0.39, 0.29) is 16.6 Å². The van der Waals surface area contributed by atoms with Gasteiger partial charge in [-0.2, -0.15) is 0 Å². The Morgan fingerprint density at radius 2 is 1.81 bits per heavy atom. The molecule has 0 amide bonds. The fraction of sp³-hybridized carbons (Fsp3) is 0.211. The van der Waals surface area contributed by atoms with Gasteiger partial charge in [-0.15, -0.1) is 10.2 Å². The molecule has 134 valence electrons. The molecule has 1 atom stereocenters. The molecule has 1 aromatic heterocycles. The third kappa shape index (κ3) is 3.83. The van der Waals surface area contributed by atoms with Crippen molar-refractivity contribution in [2.45, 2.75) is 31.2 Å². The Bertz CT molecular complexity index is 972. The van der Waals surface area contributed by atoms with Crippen LogP contribution in [-0.2, 0) is 0 Å². The fourth-order valence-electron chi connectivity index (χ4n) is 2.34. The maximum absolute atomic E-state index is 13.3. The minimum Gasteiger partial charge on any atom is -0.411 e. The molecule has 3 rings (SSSR count). The molecular formula is C19H16F2N2O2S. The molecule has 2 aromatic carbocycles. The molecule has 1 heterocycles. The van der Waals surface area contributed by atoms with E-state index in [1.54, 1.807) is 6.92 Å². The molecule has 0 spiro atoms. The summed E-state index contributed by atoms with van der Waals surface area (Å²) >= 11 is 1.07. The Kier molecular flexibility index (Phi) is 5.18. The van der Waals surface area contributed by atoms with Crippen LogP contribution < -0.4 is 0 Å². The maximum Gasteiger partial charge on any atom is 0.277 e. The summed E-state index contributed by atoms with van der Waals surface area (Å²) in [4.78, 5) is 12.4. The van der Waals surface area contributed by atoms with Gasteiger partial charge in [-0.3, -0.25) is 4.79 Å². The molecular weight excluding hydrogens is 358 g/mol. The monoisotopic (exact) mass is 374 g/mol. The summed E-state index contributed by atoms with van der Waals surface area (Å²) in [5, 5.41) is 7.61. The van der Waals surface area contributed by atoms with Crippen molar-refractivity contribution in [3.05, 3.63) is 64.7 Å². The zero-order valence-electron chi connectivity index (χ0n) is 14.4. The summed E-state index contributed by atoms with van der Waals surface area (Å²) in [7, 11) is 0. The van der Waals surface area contributed by atoms with E-state index in [4.69, 9.17) is 4.42 Å². The van der Waals surface area contributed by atoms with Crippen molar-refractivity contribution < 1.29 is 18.0 Å². The van der Waals surface area contributed by atoms with E-state index in [2.05, 4.69) is 10.2 Å². The lowest BCUT2D eigenvalue weighted by Crippen LogP contribution is -2.14. The molecule has 0 aliphatic rings. The predicted octanol–water partition coefficient (Wildman–Crippen LogP) is 5.00. The molecule has 26 heavy (non-hydrogen) atoms. The van der Waals surface area contributed by atoms with Gasteiger partial charge >= 0.3 is 0 Å². The minimum atomic E-state index is -1.05. The number of thioether (sulfide) groups is 1. The molecule has 4 nitrogen and oxygen atoms in total. The number of hydrogen-bond acceptors (Lipinski definition) is 5. The number of halogens is 2. The highest BCUT2D eigenvalue weighted by molar-refractivity contribution is 8.00. The van der Waals surface area contributed by atoms with Crippen LogP contribution in [0.5, 0.6) is 0 Å². The lowest BCUT2D eigenvalue weighted by molar-refractivity contribution is 0.0993. The lowest BCUT2D eigenvalue weighted by Gasteiger charge is -2.07. The first-order valence-electron chi connectivity index (χ1n) is 7.92. The Hall–Kier alpha value is -2.54. The molecule has 0 N–H and O–H groups in total. The standard InChI is InChI=1S/C19H16F2N2O2S/c1-10-4-5-14(8-11(10)2)18-22-23-19(25-18)26-12(3)17(24)13-6-7-15(20)16(21)9-13/h4-9,12H,1-3H3/t12-/m0/s1. The molecule has 0 fully saturated rings. The Balaban J connectivity index is 1.74. The third-order valence-corrected chi connectivity index (χ3v) is 4.95. The summed E-state index contributed by atoms with van der Waals surface area (Å²) in [5.41, 5.74) is 3.16. The number of ketones is 1. The summed E-state index contributed by atoms with van der Waals surface area (Å²) in [6.07, 6.45) is 0. The number of Topliss-reactive ketones (excluding diaryl/α,β-unsaturated/α-hetero) is 1. The largest absolute Gasteiger partial charge is 0.411 e. The molecule has 0 unspecified atom stereocenters. The number of aryl methyl sites for hydroxylation is 2. The van der Waals surface area contributed by atoms with E-state index in [1.165, 1.54) is 6.07 Å². The molecule has 7 heteroatoms. The van der Waals surface area contributed by atoms with Gasteiger partial charge in [0.2, 0.25) is 5.89 Å². The highest BCUT2D eigenvalue weighted by Gasteiger charge is 2.21. The fourth-order valence-corrected chi connectivity index (χ4v) is 3.10. The van der Waals surface area contributed by atoms with E-state index in [0.29, 0.717) is 5.89 Å². The molecule has 0 bridgehead atoms. The van der Waals surface area contributed by atoms with Gasteiger partial charge in [-0.05, 0) is 62.2 Å². The third-order valence-electron chi connectivity index (χ3n) is 4.01. The van der Waals surface area contributed by atoms with Crippen molar-refractivity contribution in [1.29, 1.82) is 0 Å². The quantitative estimate of drug-likeness (QED) is 0.465. The zero-order chi connectivity index (χ0) is 18.8. The average molecular weight is 374 g/mol. The Morgan fingerprint density at radius 3 is 2.50 bits per heavy atom. The van der Waals surface area contributed by atoms with Crippen molar-refractivity contribution in [2.75, 3.05) is 0 Å². The van der Waals surface area contributed by atoms with Crippen LogP contribution in [0, 0.1) is 25.5 Å². The summed E-state index contributed by atoms with van der Waals surface area (Å²) in [6, 6.07) is 8.89. The van der Waals surface area contributed by atoms with Crippen molar-refractivity contribution in [1.82, 2.24) is 10.2 Å². The second kappa shape index (κ2) is 7.37. The number of benzene rings is 2. The second-order valence-electron chi connectivity index (χ2n) is 5.93. The van der Waals surface area contributed by atoms with E-state index in [1.807, 2.05) is 32.0 Å². The van der Waals surface area contributed by atoms with Gasteiger partial charge in [0.15, 0.2) is 17.4 Å². The molecule has 0 radical (unpaired) electrons. The van der Waals surface area contributed by atoms with Crippen LogP contribution in [0.1, 0.15) is 28.4 Å². The molecule has 0 saturated heterocycles. The Morgan fingerprint density at radius 1 is 1.04 bits per heavy atom. The number of aromatic nitrogens is 2. The van der Waals surface area contributed by atoms with Crippen molar-refractivity contribution in [3.8, 4) is 11.5 Å². The van der Waals surface area contributed by atoms with Gasteiger partial charge < -0.3 is 4.42 Å². The number of carbonyl (C=O) groups excluding carboxylic acids is 1. The van der Waals surface area contributed by atoms with Crippen LogP contribution in [0.3, 0.4) is 0 Å². The zero-order valence-corrected chi connectivity index (χ0v) is 15.2. The maximum atomic E-state index is 13.3. The minimum absolute atomic E-state index is 0.0952. The number of hydrogen-bond donors (Lipinski definition) is 0. The number of nitrogens with zero attached hydrogens (tertiary/aromatic N) is 2. The topological polar surface area (TPSA) is 56.0 Å².